The van der Waals surface area contributed by atoms with Crippen molar-refractivity contribution in [1.82, 2.24) is 10.2 Å². The van der Waals surface area contributed by atoms with Crippen LogP contribution in [0, 0.1) is 11.8 Å². The molecular weight excluding hydrogens is 302 g/mol. The van der Waals surface area contributed by atoms with Crippen LogP contribution in [0.25, 0.3) is 0 Å². The molecule has 1 N–H and O–H groups in total. The molecule has 0 radical (unpaired) electrons. The highest BCUT2D eigenvalue weighted by Gasteiger charge is 2.36. The smallest absolute Gasteiger partial charge is 0.310 e. The van der Waals surface area contributed by atoms with Gasteiger partial charge in [-0.25, -0.2) is 0 Å². The van der Waals surface area contributed by atoms with Gasteiger partial charge in [-0.2, -0.15) is 0 Å². The number of carbonyl (C=O) groups excluding carboxylic acids is 1. The molecule has 132 valence electrons. The summed E-state index contributed by atoms with van der Waals surface area (Å²) in [5.41, 5.74) is 1.35. The van der Waals surface area contributed by atoms with Crippen molar-refractivity contribution < 1.29 is 9.53 Å². The number of esters is 1. The molecule has 2 rings (SSSR count). The third-order valence-corrected chi connectivity index (χ3v) is 4.48. The number of methoxy groups -OCH3 is 1. The third kappa shape index (κ3) is 4.98. The average Bonchev–Trinajstić information content (AvgIpc) is 2.99. The number of benzene rings is 1. The van der Waals surface area contributed by atoms with Crippen LogP contribution in [0.3, 0.4) is 0 Å². The summed E-state index contributed by atoms with van der Waals surface area (Å²) in [4.78, 5) is 18.8. The standard InChI is InChI=1S/C19H29N3O2/c1-4-20-19(21-12-8-11-16-9-6-5-7-10-16)22-13-15(2)17(14-22)18(23)24-3/h5-7,9-10,15,17H,4,8,11-14H2,1-3H3,(H,20,21). The van der Waals surface area contributed by atoms with Crippen LogP contribution in [0.4, 0.5) is 0 Å². The molecule has 2 atom stereocenters. The number of hydrogen-bond acceptors (Lipinski definition) is 3. The van der Waals surface area contributed by atoms with Crippen LogP contribution in [0.5, 0.6) is 0 Å². The van der Waals surface area contributed by atoms with E-state index in [4.69, 9.17) is 9.73 Å². The Labute approximate surface area is 145 Å². The van der Waals surface area contributed by atoms with Crippen LogP contribution in [-0.4, -0.2) is 50.1 Å². The minimum atomic E-state index is -0.120. The molecule has 0 aromatic heterocycles. The highest BCUT2D eigenvalue weighted by molar-refractivity contribution is 5.82. The second-order valence-corrected chi connectivity index (χ2v) is 6.34. The van der Waals surface area contributed by atoms with E-state index in [-0.39, 0.29) is 17.8 Å². The van der Waals surface area contributed by atoms with Crippen molar-refractivity contribution in [1.29, 1.82) is 0 Å². The topological polar surface area (TPSA) is 53.9 Å². The number of rotatable bonds is 6. The van der Waals surface area contributed by atoms with Gasteiger partial charge >= 0.3 is 5.97 Å². The SMILES string of the molecule is CCNC(=NCCCc1ccccc1)N1CC(C)C(C(=O)OC)C1. The van der Waals surface area contributed by atoms with E-state index < -0.39 is 0 Å². The van der Waals surface area contributed by atoms with Gasteiger partial charge in [0.25, 0.3) is 0 Å². The largest absolute Gasteiger partial charge is 0.469 e. The highest BCUT2D eigenvalue weighted by atomic mass is 16.5. The van der Waals surface area contributed by atoms with Gasteiger partial charge in [-0.3, -0.25) is 9.79 Å². The van der Waals surface area contributed by atoms with Gasteiger partial charge in [0, 0.05) is 26.2 Å². The minimum absolute atomic E-state index is 0.0665. The lowest BCUT2D eigenvalue weighted by Gasteiger charge is -2.21. The first-order valence-electron chi connectivity index (χ1n) is 8.80. The summed E-state index contributed by atoms with van der Waals surface area (Å²) in [5.74, 6) is 1.00. The number of guanidine groups is 1. The molecule has 0 aliphatic carbocycles. The maximum Gasteiger partial charge on any atom is 0.310 e. The number of carbonyl (C=O) groups is 1. The van der Waals surface area contributed by atoms with Crippen molar-refractivity contribution in [3.05, 3.63) is 35.9 Å². The molecule has 0 spiro atoms. The Hall–Kier alpha value is -2.04. The molecule has 1 fully saturated rings. The molecule has 1 aromatic carbocycles. The van der Waals surface area contributed by atoms with E-state index in [0.29, 0.717) is 6.54 Å². The lowest BCUT2D eigenvalue weighted by atomic mass is 9.99. The van der Waals surface area contributed by atoms with Crippen molar-refractivity contribution >= 4 is 11.9 Å². The van der Waals surface area contributed by atoms with Crippen molar-refractivity contribution in [3.8, 4) is 0 Å². The number of aryl methyl sites for hydroxylation is 1. The van der Waals surface area contributed by atoms with Crippen LogP contribution in [-0.2, 0) is 16.0 Å². The molecule has 1 heterocycles. The maximum absolute atomic E-state index is 11.9. The molecule has 5 heteroatoms. The van der Waals surface area contributed by atoms with E-state index in [0.717, 1.165) is 38.4 Å². The first kappa shape index (κ1) is 18.3. The average molecular weight is 331 g/mol. The first-order valence-corrected chi connectivity index (χ1v) is 8.80. The number of likely N-dealkylation sites (tertiary alicyclic amines) is 1. The van der Waals surface area contributed by atoms with Crippen molar-refractivity contribution in [3.63, 3.8) is 0 Å². The van der Waals surface area contributed by atoms with Crippen molar-refractivity contribution in [2.45, 2.75) is 26.7 Å². The number of ether oxygens (including phenoxy) is 1. The maximum atomic E-state index is 11.9. The number of aliphatic imine (C=N–C) groups is 1. The molecule has 0 saturated carbocycles. The summed E-state index contributed by atoms with van der Waals surface area (Å²) in [6, 6.07) is 10.5. The third-order valence-electron chi connectivity index (χ3n) is 4.48. The Morgan fingerprint density at radius 1 is 1.33 bits per heavy atom. The summed E-state index contributed by atoms with van der Waals surface area (Å²) in [5, 5.41) is 3.35. The molecule has 0 bridgehead atoms. The summed E-state index contributed by atoms with van der Waals surface area (Å²) < 4.78 is 4.91. The molecular formula is C19H29N3O2. The highest BCUT2D eigenvalue weighted by Crippen LogP contribution is 2.24. The van der Waals surface area contributed by atoms with E-state index in [2.05, 4.69) is 48.3 Å². The van der Waals surface area contributed by atoms with Gasteiger partial charge < -0.3 is 15.0 Å². The van der Waals surface area contributed by atoms with Gasteiger partial charge in [-0.05, 0) is 31.2 Å². The molecule has 2 unspecified atom stereocenters. The van der Waals surface area contributed by atoms with E-state index in [1.807, 2.05) is 6.07 Å². The van der Waals surface area contributed by atoms with Crippen LogP contribution in [0.2, 0.25) is 0 Å². The summed E-state index contributed by atoms with van der Waals surface area (Å²) in [6.07, 6.45) is 2.05. The Balaban J connectivity index is 1.90. The summed E-state index contributed by atoms with van der Waals surface area (Å²) in [7, 11) is 1.46. The molecule has 1 aliphatic heterocycles. The number of hydrogen-bond donors (Lipinski definition) is 1. The predicted molar refractivity (Wildman–Crippen MR) is 97.0 cm³/mol. The Morgan fingerprint density at radius 3 is 2.75 bits per heavy atom. The normalized spacial score (nSPS) is 21.0. The van der Waals surface area contributed by atoms with Crippen molar-refractivity contribution in [2.75, 3.05) is 33.3 Å². The van der Waals surface area contributed by atoms with Crippen molar-refractivity contribution in [2.24, 2.45) is 16.8 Å². The summed E-state index contributed by atoms with van der Waals surface area (Å²) in [6.45, 7) is 7.29. The molecule has 1 aliphatic rings. The fourth-order valence-electron chi connectivity index (χ4n) is 3.14. The Bertz CT molecular complexity index is 545. The van der Waals surface area contributed by atoms with Crippen LogP contribution in [0.1, 0.15) is 25.8 Å². The molecule has 5 nitrogen and oxygen atoms in total. The monoisotopic (exact) mass is 331 g/mol. The number of nitrogens with zero attached hydrogens (tertiary/aromatic N) is 2. The number of nitrogens with one attached hydrogen (secondary N) is 1. The second-order valence-electron chi connectivity index (χ2n) is 6.34. The van der Waals surface area contributed by atoms with Crippen LogP contribution in [0.15, 0.2) is 35.3 Å². The molecule has 1 saturated heterocycles. The van der Waals surface area contributed by atoms with Gasteiger partial charge in [0.05, 0.1) is 13.0 Å². The second kappa shape index (κ2) is 9.30. The lowest BCUT2D eigenvalue weighted by molar-refractivity contribution is -0.145. The molecule has 0 amide bonds. The first-order chi connectivity index (χ1) is 11.7. The van der Waals surface area contributed by atoms with E-state index in [1.165, 1.54) is 12.7 Å². The van der Waals surface area contributed by atoms with Gasteiger partial charge in [0.1, 0.15) is 0 Å². The Kier molecular flexibility index (Phi) is 7.09. The van der Waals surface area contributed by atoms with Gasteiger partial charge in [-0.1, -0.05) is 37.3 Å². The van der Waals surface area contributed by atoms with E-state index >= 15 is 0 Å². The predicted octanol–water partition coefficient (Wildman–Crippen LogP) is 2.33. The quantitative estimate of drug-likeness (QED) is 0.376. The van der Waals surface area contributed by atoms with E-state index in [1.54, 1.807) is 0 Å². The fraction of sp³-hybridized carbons (Fsp3) is 0.579. The van der Waals surface area contributed by atoms with Gasteiger partial charge in [0.15, 0.2) is 5.96 Å². The van der Waals surface area contributed by atoms with Gasteiger partial charge in [0.2, 0.25) is 0 Å². The fourth-order valence-corrected chi connectivity index (χ4v) is 3.14. The van der Waals surface area contributed by atoms with Crippen LogP contribution >= 0.6 is 0 Å². The van der Waals surface area contributed by atoms with Crippen LogP contribution < -0.4 is 5.32 Å². The Morgan fingerprint density at radius 2 is 2.08 bits per heavy atom. The zero-order chi connectivity index (χ0) is 17.4. The molecule has 1 aromatic rings. The zero-order valence-electron chi connectivity index (χ0n) is 15.0. The van der Waals surface area contributed by atoms with E-state index in [9.17, 15) is 4.79 Å². The minimum Gasteiger partial charge on any atom is -0.469 e. The molecule has 24 heavy (non-hydrogen) atoms. The zero-order valence-corrected chi connectivity index (χ0v) is 15.0. The summed E-state index contributed by atoms with van der Waals surface area (Å²) >= 11 is 0. The van der Waals surface area contributed by atoms with Gasteiger partial charge in [-0.15, -0.1) is 0 Å². The lowest BCUT2D eigenvalue weighted by Crippen LogP contribution is -2.40.